The molecule has 0 amide bonds. The van der Waals surface area contributed by atoms with E-state index in [1.54, 1.807) is 20.0 Å². The van der Waals surface area contributed by atoms with Crippen LogP contribution in [0.1, 0.15) is 21.6 Å². The number of benzene rings is 1. The predicted octanol–water partition coefficient (Wildman–Crippen LogP) is 3.88. The van der Waals surface area contributed by atoms with Crippen molar-refractivity contribution in [2.24, 2.45) is 12.2 Å². The van der Waals surface area contributed by atoms with E-state index in [0.717, 1.165) is 0 Å². The molecule has 0 aliphatic heterocycles. The third kappa shape index (κ3) is 3.37. The number of aromatic nitrogens is 2. The van der Waals surface area contributed by atoms with Crippen molar-refractivity contribution >= 4 is 47.0 Å². The van der Waals surface area contributed by atoms with Crippen LogP contribution in [0.3, 0.4) is 0 Å². The number of hydrogen-bond acceptors (Lipinski definition) is 4. The Morgan fingerprint density at radius 3 is 2.48 bits per heavy atom. The molecule has 2 rings (SSSR count). The van der Waals surface area contributed by atoms with Crippen molar-refractivity contribution < 1.29 is 9.63 Å². The summed E-state index contributed by atoms with van der Waals surface area (Å²) in [5.41, 5.74) is 1.29. The van der Waals surface area contributed by atoms with Crippen molar-refractivity contribution in [3.8, 4) is 0 Å². The molecular formula is C13H10Cl3N3O2. The fraction of sp³-hybridized carbons (Fsp3) is 0.154. The number of oxime groups is 1. The molecule has 1 aromatic carbocycles. The first kappa shape index (κ1) is 15.8. The van der Waals surface area contributed by atoms with Gasteiger partial charge >= 0.3 is 5.97 Å². The monoisotopic (exact) mass is 345 g/mol. The molecule has 110 valence electrons. The lowest BCUT2D eigenvalue weighted by Crippen LogP contribution is -2.03. The van der Waals surface area contributed by atoms with Crippen molar-refractivity contribution in [2.75, 3.05) is 0 Å². The summed E-state index contributed by atoms with van der Waals surface area (Å²) in [7, 11) is 1.70. The van der Waals surface area contributed by atoms with E-state index in [2.05, 4.69) is 10.3 Å². The molecule has 0 fully saturated rings. The lowest BCUT2D eigenvalue weighted by atomic mass is 10.2. The normalized spacial score (nSPS) is 11.1. The van der Waals surface area contributed by atoms with Gasteiger partial charge in [0.2, 0.25) is 0 Å². The number of hydrogen-bond donors (Lipinski definition) is 0. The third-order valence-corrected chi connectivity index (χ3v) is 3.76. The molecule has 5 nitrogen and oxygen atoms in total. The van der Waals surface area contributed by atoms with Crippen molar-refractivity contribution in [3.63, 3.8) is 0 Å². The molecular weight excluding hydrogens is 337 g/mol. The van der Waals surface area contributed by atoms with Gasteiger partial charge in [0.05, 0.1) is 33.1 Å². The predicted molar refractivity (Wildman–Crippen MR) is 82.4 cm³/mol. The van der Waals surface area contributed by atoms with Gasteiger partial charge in [0.15, 0.2) is 0 Å². The number of carbonyl (C=O) groups excluding carboxylic acids is 1. The van der Waals surface area contributed by atoms with Gasteiger partial charge in [0, 0.05) is 7.05 Å². The fourth-order valence-electron chi connectivity index (χ4n) is 1.66. The summed E-state index contributed by atoms with van der Waals surface area (Å²) >= 11 is 17.8. The van der Waals surface area contributed by atoms with Gasteiger partial charge < -0.3 is 4.84 Å². The van der Waals surface area contributed by atoms with E-state index in [0.29, 0.717) is 16.4 Å². The van der Waals surface area contributed by atoms with Gasteiger partial charge in [-0.3, -0.25) is 4.68 Å². The molecule has 1 heterocycles. The lowest BCUT2D eigenvalue weighted by molar-refractivity contribution is 0.0519. The average Bonchev–Trinajstić information content (AvgIpc) is 2.65. The molecule has 21 heavy (non-hydrogen) atoms. The van der Waals surface area contributed by atoms with Gasteiger partial charge in [-0.2, -0.15) is 5.10 Å². The Balaban J connectivity index is 2.16. The van der Waals surface area contributed by atoms with Gasteiger partial charge in [-0.15, -0.1) is 0 Å². The molecule has 0 bridgehead atoms. The molecule has 0 aliphatic carbocycles. The molecule has 0 atom stereocenters. The molecule has 0 radical (unpaired) electrons. The van der Waals surface area contributed by atoms with Crippen LogP contribution < -0.4 is 0 Å². The molecule has 2 aromatic rings. The highest BCUT2D eigenvalue weighted by atomic mass is 35.5. The van der Waals surface area contributed by atoms with E-state index >= 15 is 0 Å². The molecule has 8 heteroatoms. The highest BCUT2D eigenvalue weighted by molar-refractivity contribution is 6.39. The highest BCUT2D eigenvalue weighted by Gasteiger charge is 2.16. The van der Waals surface area contributed by atoms with Crippen LogP contribution >= 0.6 is 34.8 Å². The Hall–Kier alpha value is -1.56. The molecule has 0 spiro atoms. The first-order valence-corrected chi connectivity index (χ1v) is 6.93. The van der Waals surface area contributed by atoms with Crippen LogP contribution in [0.2, 0.25) is 15.2 Å². The third-order valence-electron chi connectivity index (χ3n) is 2.68. The Morgan fingerprint density at radius 2 is 1.95 bits per heavy atom. The number of carbonyl (C=O) groups is 1. The first-order valence-electron chi connectivity index (χ1n) is 5.79. The van der Waals surface area contributed by atoms with E-state index in [-0.39, 0.29) is 15.6 Å². The minimum Gasteiger partial charge on any atom is -0.313 e. The summed E-state index contributed by atoms with van der Waals surface area (Å²) in [5, 5.41) is 8.49. The summed E-state index contributed by atoms with van der Waals surface area (Å²) in [6, 6.07) is 4.70. The number of halogens is 3. The van der Waals surface area contributed by atoms with Crippen molar-refractivity contribution in [1.29, 1.82) is 0 Å². The van der Waals surface area contributed by atoms with E-state index in [1.165, 1.54) is 23.0 Å². The molecule has 0 N–H and O–H groups in total. The first-order chi connectivity index (χ1) is 9.91. The van der Waals surface area contributed by atoms with Crippen molar-refractivity contribution in [3.05, 3.63) is 50.2 Å². The lowest BCUT2D eigenvalue weighted by Gasteiger charge is -2.02. The second-order valence-corrected chi connectivity index (χ2v) is 5.30. The minimum absolute atomic E-state index is 0.0620. The summed E-state index contributed by atoms with van der Waals surface area (Å²) in [6.07, 6.45) is 1.31. The second-order valence-electron chi connectivity index (χ2n) is 4.12. The van der Waals surface area contributed by atoms with Crippen molar-refractivity contribution in [2.45, 2.75) is 6.92 Å². The van der Waals surface area contributed by atoms with E-state index in [9.17, 15) is 4.79 Å². The average molecular weight is 347 g/mol. The smallest absolute Gasteiger partial charge is 0.313 e. The fourth-order valence-corrected chi connectivity index (χ4v) is 2.43. The maximum absolute atomic E-state index is 11.9. The standard InChI is InChI=1S/C13H10Cl3N3O2/c1-7-8(12(16)19(2)18-7)6-17-21-13(20)11-9(14)4-3-5-10(11)15/h3-6H,1-2H3/b17-6-. The highest BCUT2D eigenvalue weighted by Crippen LogP contribution is 2.25. The maximum Gasteiger partial charge on any atom is 0.368 e. The van der Waals surface area contributed by atoms with E-state index in [4.69, 9.17) is 39.6 Å². The Labute approximate surface area is 136 Å². The number of aryl methyl sites for hydroxylation is 2. The largest absolute Gasteiger partial charge is 0.368 e. The second kappa shape index (κ2) is 6.47. The van der Waals surface area contributed by atoms with Crippen LogP contribution in [0.25, 0.3) is 0 Å². The zero-order valence-corrected chi connectivity index (χ0v) is 13.4. The van der Waals surface area contributed by atoms with Crippen LogP contribution in [-0.2, 0) is 11.9 Å². The Bertz CT molecular complexity index is 705. The Morgan fingerprint density at radius 1 is 1.33 bits per heavy atom. The summed E-state index contributed by atoms with van der Waals surface area (Å²) in [6.45, 7) is 1.76. The van der Waals surface area contributed by atoms with Gasteiger partial charge in [-0.25, -0.2) is 4.79 Å². The summed E-state index contributed by atoms with van der Waals surface area (Å²) in [5.74, 6) is -0.750. The minimum atomic E-state index is -0.750. The molecule has 0 unspecified atom stereocenters. The summed E-state index contributed by atoms with van der Waals surface area (Å²) < 4.78 is 1.49. The topological polar surface area (TPSA) is 56.5 Å². The van der Waals surface area contributed by atoms with Crippen molar-refractivity contribution in [1.82, 2.24) is 9.78 Å². The van der Waals surface area contributed by atoms with Gasteiger partial charge in [0.25, 0.3) is 0 Å². The van der Waals surface area contributed by atoms with Gasteiger partial charge in [-0.1, -0.05) is 46.0 Å². The zero-order valence-electron chi connectivity index (χ0n) is 11.1. The summed E-state index contributed by atoms with van der Waals surface area (Å²) in [4.78, 5) is 16.7. The maximum atomic E-state index is 11.9. The zero-order chi connectivity index (χ0) is 15.6. The molecule has 0 saturated heterocycles. The van der Waals surface area contributed by atoms with Gasteiger partial charge in [0.1, 0.15) is 5.15 Å². The number of rotatable bonds is 3. The molecule has 0 saturated carbocycles. The van der Waals surface area contributed by atoms with Crippen LogP contribution in [0.15, 0.2) is 23.4 Å². The van der Waals surface area contributed by atoms with E-state index < -0.39 is 5.97 Å². The van der Waals surface area contributed by atoms with Crippen LogP contribution in [0, 0.1) is 6.92 Å². The number of nitrogens with zero attached hydrogens (tertiary/aromatic N) is 3. The van der Waals surface area contributed by atoms with Crippen LogP contribution in [0.4, 0.5) is 0 Å². The molecule has 0 aliphatic rings. The van der Waals surface area contributed by atoms with Crippen LogP contribution in [0.5, 0.6) is 0 Å². The van der Waals surface area contributed by atoms with E-state index in [1.807, 2.05) is 0 Å². The SMILES string of the molecule is Cc1nn(C)c(Cl)c1/C=N\OC(=O)c1c(Cl)cccc1Cl. The Kier molecular flexibility index (Phi) is 4.88. The van der Waals surface area contributed by atoms with Gasteiger partial charge in [-0.05, 0) is 19.1 Å². The van der Waals surface area contributed by atoms with Crippen LogP contribution in [-0.4, -0.2) is 22.0 Å². The quantitative estimate of drug-likeness (QED) is 0.481. The molecule has 1 aromatic heterocycles.